The van der Waals surface area contributed by atoms with Gasteiger partial charge in [-0.15, -0.1) is 0 Å². The number of halogens is 1. The van der Waals surface area contributed by atoms with Gasteiger partial charge in [-0.25, -0.2) is 12.8 Å². The van der Waals surface area contributed by atoms with Crippen LogP contribution in [-0.2, 0) is 9.84 Å². The number of nitrogens with one attached hydrogen (secondary N) is 1. The highest BCUT2D eigenvalue weighted by Gasteiger charge is 2.31. The molecule has 2 rings (SSSR count). The lowest BCUT2D eigenvalue weighted by Gasteiger charge is -2.12. The quantitative estimate of drug-likeness (QED) is 0.679. The van der Waals surface area contributed by atoms with E-state index in [0.717, 1.165) is 6.07 Å². The van der Waals surface area contributed by atoms with E-state index >= 15 is 0 Å². The van der Waals surface area contributed by atoms with E-state index in [-0.39, 0.29) is 29.2 Å². The zero-order valence-corrected chi connectivity index (χ0v) is 11.7. The Labute approximate surface area is 116 Å². The number of sulfone groups is 1. The molecule has 1 aliphatic rings. The lowest BCUT2D eigenvalue weighted by molar-refractivity contribution is -0.384. The van der Waals surface area contributed by atoms with E-state index in [2.05, 4.69) is 5.32 Å². The molecule has 110 valence electrons. The molecule has 1 aromatic rings. The largest absolute Gasteiger partial charge is 0.378 e. The molecule has 0 aliphatic carbocycles. The Hall–Kier alpha value is -1.70. The van der Waals surface area contributed by atoms with Crippen molar-refractivity contribution in [1.29, 1.82) is 0 Å². The summed E-state index contributed by atoms with van der Waals surface area (Å²) in [4.78, 5) is 10.2. The molecule has 8 heteroatoms. The third-order valence-electron chi connectivity index (χ3n) is 3.46. The van der Waals surface area contributed by atoms with Crippen LogP contribution in [0.1, 0.15) is 18.4 Å². The van der Waals surface area contributed by atoms with Gasteiger partial charge < -0.3 is 5.32 Å². The molecule has 6 nitrogen and oxygen atoms in total. The number of hydrogen-bond donors (Lipinski definition) is 1. The Morgan fingerprint density at radius 1 is 1.50 bits per heavy atom. The SMILES string of the molecule is Cc1cc(NCC2CCCS2(=O)=O)c([N+](=O)[O-])cc1F. The maximum Gasteiger partial charge on any atom is 0.295 e. The standard InChI is InChI=1S/C12H15FN2O4S/c1-8-5-11(12(15(16)17)6-10(8)13)14-7-9-3-2-4-20(9,18)19/h5-6,9,14H,2-4,7H2,1H3. The summed E-state index contributed by atoms with van der Waals surface area (Å²) in [6.45, 7) is 1.60. The fourth-order valence-electron chi connectivity index (χ4n) is 2.27. The summed E-state index contributed by atoms with van der Waals surface area (Å²) in [5.41, 5.74) is 0.0341. The highest BCUT2D eigenvalue weighted by Crippen LogP contribution is 2.28. The minimum atomic E-state index is -3.12. The van der Waals surface area contributed by atoms with Crippen molar-refractivity contribution in [3.8, 4) is 0 Å². The number of benzene rings is 1. The first-order valence-electron chi connectivity index (χ1n) is 6.21. The molecule has 0 amide bonds. The van der Waals surface area contributed by atoms with Crippen molar-refractivity contribution >= 4 is 21.2 Å². The number of nitro benzene ring substituents is 1. The minimum Gasteiger partial charge on any atom is -0.378 e. The average Bonchev–Trinajstić information content (AvgIpc) is 2.69. The number of anilines is 1. The van der Waals surface area contributed by atoms with Crippen LogP contribution in [0, 0.1) is 22.9 Å². The van der Waals surface area contributed by atoms with Crippen LogP contribution in [0.3, 0.4) is 0 Å². The van der Waals surface area contributed by atoms with E-state index in [1.807, 2.05) is 0 Å². The molecule has 1 N–H and O–H groups in total. The van der Waals surface area contributed by atoms with E-state index in [9.17, 15) is 22.9 Å². The van der Waals surface area contributed by atoms with Gasteiger partial charge in [0.2, 0.25) is 0 Å². The van der Waals surface area contributed by atoms with Gasteiger partial charge in [0.15, 0.2) is 9.84 Å². The number of rotatable bonds is 4. The van der Waals surface area contributed by atoms with Crippen LogP contribution < -0.4 is 5.32 Å². The van der Waals surface area contributed by atoms with Crippen molar-refractivity contribution in [1.82, 2.24) is 0 Å². The summed E-state index contributed by atoms with van der Waals surface area (Å²) in [6, 6.07) is 2.18. The first kappa shape index (κ1) is 14.7. The van der Waals surface area contributed by atoms with E-state index < -0.39 is 25.8 Å². The third kappa shape index (κ3) is 2.90. The van der Waals surface area contributed by atoms with Crippen LogP contribution in [0.2, 0.25) is 0 Å². The summed E-state index contributed by atoms with van der Waals surface area (Å²) in [6.07, 6.45) is 1.16. The molecule has 1 atom stereocenters. The fourth-order valence-corrected chi connectivity index (χ4v) is 4.04. The van der Waals surface area contributed by atoms with Gasteiger partial charge in [-0.3, -0.25) is 10.1 Å². The minimum absolute atomic E-state index is 0.105. The van der Waals surface area contributed by atoms with Crippen molar-refractivity contribution in [2.24, 2.45) is 0 Å². The first-order chi connectivity index (χ1) is 9.31. The van der Waals surface area contributed by atoms with Gasteiger partial charge in [0, 0.05) is 6.54 Å². The van der Waals surface area contributed by atoms with Crippen molar-refractivity contribution in [2.45, 2.75) is 25.0 Å². The molecule has 0 bridgehead atoms. The fraction of sp³-hybridized carbons (Fsp3) is 0.500. The zero-order valence-electron chi connectivity index (χ0n) is 10.9. The monoisotopic (exact) mass is 302 g/mol. The molecule has 0 saturated carbocycles. The van der Waals surface area contributed by atoms with Gasteiger partial charge >= 0.3 is 0 Å². The van der Waals surface area contributed by atoms with Gasteiger partial charge in [-0.2, -0.15) is 0 Å². The van der Waals surface area contributed by atoms with Crippen molar-refractivity contribution in [3.63, 3.8) is 0 Å². The summed E-state index contributed by atoms with van der Waals surface area (Å²) < 4.78 is 36.7. The number of nitro groups is 1. The van der Waals surface area contributed by atoms with Crippen LogP contribution in [-0.4, -0.2) is 30.9 Å². The second-order valence-corrected chi connectivity index (χ2v) is 7.29. The number of hydrogen-bond acceptors (Lipinski definition) is 5. The maximum atomic E-state index is 13.4. The summed E-state index contributed by atoms with van der Waals surface area (Å²) in [7, 11) is -3.12. The van der Waals surface area contributed by atoms with Gasteiger partial charge in [-0.1, -0.05) is 0 Å². The Kier molecular flexibility index (Phi) is 3.94. The lowest BCUT2D eigenvalue weighted by Crippen LogP contribution is -2.25. The van der Waals surface area contributed by atoms with E-state index in [1.165, 1.54) is 13.0 Å². The normalized spacial score (nSPS) is 20.8. The predicted octanol–water partition coefficient (Wildman–Crippen LogP) is 2.03. The molecule has 0 spiro atoms. The Bertz CT molecular complexity index is 645. The van der Waals surface area contributed by atoms with E-state index in [4.69, 9.17) is 0 Å². The molecule has 1 fully saturated rings. The molecular weight excluding hydrogens is 287 g/mol. The Morgan fingerprint density at radius 2 is 2.20 bits per heavy atom. The van der Waals surface area contributed by atoms with Crippen molar-refractivity contribution in [3.05, 3.63) is 33.6 Å². The topological polar surface area (TPSA) is 89.3 Å². The van der Waals surface area contributed by atoms with Crippen LogP contribution >= 0.6 is 0 Å². The molecule has 0 aromatic heterocycles. The molecule has 20 heavy (non-hydrogen) atoms. The van der Waals surface area contributed by atoms with Crippen LogP contribution in [0.4, 0.5) is 15.8 Å². The van der Waals surface area contributed by atoms with E-state index in [0.29, 0.717) is 12.8 Å². The Morgan fingerprint density at radius 3 is 2.75 bits per heavy atom. The second kappa shape index (κ2) is 5.35. The van der Waals surface area contributed by atoms with Crippen LogP contribution in [0.5, 0.6) is 0 Å². The molecule has 1 heterocycles. The van der Waals surface area contributed by atoms with Crippen LogP contribution in [0.25, 0.3) is 0 Å². The molecular formula is C12H15FN2O4S. The first-order valence-corrected chi connectivity index (χ1v) is 7.93. The van der Waals surface area contributed by atoms with Gasteiger partial charge in [0.25, 0.3) is 5.69 Å². The second-order valence-electron chi connectivity index (χ2n) is 4.89. The third-order valence-corrected chi connectivity index (χ3v) is 5.73. The van der Waals surface area contributed by atoms with Gasteiger partial charge in [-0.05, 0) is 31.4 Å². The van der Waals surface area contributed by atoms with Crippen LogP contribution in [0.15, 0.2) is 12.1 Å². The molecule has 1 saturated heterocycles. The molecule has 1 aromatic carbocycles. The highest BCUT2D eigenvalue weighted by molar-refractivity contribution is 7.92. The number of aryl methyl sites for hydroxylation is 1. The molecule has 0 radical (unpaired) electrons. The summed E-state index contributed by atoms with van der Waals surface area (Å²) >= 11 is 0. The zero-order chi connectivity index (χ0) is 14.9. The number of nitrogens with zero attached hydrogens (tertiary/aromatic N) is 1. The lowest BCUT2D eigenvalue weighted by atomic mass is 10.1. The van der Waals surface area contributed by atoms with E-state index in [1.54, 1.807) is 0 Å². The highest BCUT2D eigenvalue weighted by atomic mass is 32.2. The van der Waals surface area contributed by atoms with Gasteiger partial charge in [0.1, 0.15) is 11.5 Å². The average molecular weight is 302 g/mol. The maximum absolute atomic E-state index is 13.4. The molecule has 1 unspecified atom stereocenters. The summed E-state index contributed by atoms with van der Waals surface area (Å²) in [5.74, 6) is -0.500. The predicted molar refractivity (Wildman–Crippen MR) is 73.1 cm³/mol. The van der Waals surface area contributed by atoms with Crippen molar-refractivity contribution in [2.75, 3.05) is 17.6 Å². The molecule has 1 aliphatic heterocycles. The Balaban J connectivity index is 2.21. The van der Waals surface area contributed by atoms with Gasteiger partial charge in [0.05, 0.1) is 22.0 Å². The summed E-state index contributed by atoms with van der Waals surface area (Å²) in [5, 5.41) is 13.1. The smallest absolute Gasteiger partial charge is 0.295 e. The van der Waals surface area contributed by atoms with Crippen molar-refractivity contribution < 1.29 is 17.7 Å².